The van der Waals surface area contributed by atoms with E-state index in [1.807, 2.05) is 0 Å². The molecule has 174 valence electrons. The topological polar surface area (TPSA) is 89.5 Å². The highest BCUT2D eigenvalue weighted by atomic mass is 32.1. The summed E-state index contributed by atoms with van der Waals surface area (Å²) in [6, 6.07) is 7.99. The predicted octanol–water partition coefficient (Wildman–Crippen LogP) is 4.99. The highest BCUT2D eigenvalue weighted by Gasteiger charge is 2.31. The molecule has 7 nitrogen and oxygen atoms in total. The molecule has 2 amide bonds. The number of methoxy groups -OCH3 is 2. The van der Waals surface area contributed by atoms with Gasteiger partial charge in [-0.2, -0.15) is 13.2 Å². The molecule has 0 saturated heterocycles. The third-order valence-electron chi connectivity index (χ3n) is 4.46. The van der Waals surface area contributed by atoms with Crippen molar-refractivity contribution < 1.29 is 32.2 Å². The SMILES string of the molecule is COc1ccc(-c2nc(CC(=O)Nc3cc(C(F)(F)F)ccc3NC(C)=O)cs2)cc1OC. The first kappa shape index (κ1) is 24.1. The van der Waals surface area contributed by atoms with Crippen molar-refractivity contribution in [3.8, 4) is 22.1 Å². The zero-order chi connectivity index (χ0) is 24.2. The number of carbonyl (C=O) groups is 2. The number of alkyl halides is 3. The summed E-state index contributed by atoms with van der Waals surface area (Å²) in [5.74, 6) is 0.0300. The first-order valence-electron chi connectivity index (χ1n) is 9.56. The molecule has 0 bridgehead atoms. The standard InChI is InChI=1S/C22H20F3N3O4S/c1-12(29)26-16-6-5-14(22(23,24)25)9-17(16)28-20(30)10-15-11-33-21(27-15)13-4-7-18(31-2)19(8-13)32-3/h4-9,11H,10H2,1-3H3,(H,26,29)(H,28,30). The number of hydrogen-bond acceptors (Lipinski definition) is 6. The molecule has 2 aromatic carbocycles. The summed E-state index contributed by atoms with van der Waals surface area (Å²) >= 11 is 1.31. The fourth-order valence-electron chi connectivity index (χ4n) is 2.97. The van der Waals surface area contributed by atoms with E-state index in [0.717, 1.165) is 23.8 Å². The first-order chi connectivity index (χ1) is 15.6. The summed E-state index contributed by atoms with van der Waals surface area (Å²) in [4.78, 5) is 28.3. The van der Waals surface area contributed by atoms with Crippen molar-refractivity contribution in [3.05, 3.63) is 53.0 Å². The fraction of sp³-hybridized carbons (Fsp3) is 0.227. The van der Waals surface area contributed by atoms with Gasteiger partial charge in [0.25, 0.3) is 0 Å². The molecule has 0 aliphatic rings. The second-order valence-electron chi connectivity index (χ2n) is 6.88. The van der Waals surface area contributed by atoms with Gasteiger partial charge in [-0.1, -0.05) is 0 Å². The second kappa shape index (κ2) is 9.90. The lowest BCUT2D eigenvalue weighted by atomic mass is 10.1. The summed E-state index contributed by atoms with van der Waals surface area (Å²) in [7, 11) is 3.04. The molecular weight excluding hydrogens is 459 g/mol. The Morgan fingerprint density at radius 2 is 1.73 bits per heavy atom. The number of nitrogens with zero attached hydrogens (tertiary/aromatic N) is 1. The monoisotopic (exact) mass is 479 g/mol. The van der Waals surface area contributed by atoms with E-state index < -0.39 is 23.6 Å². The summed E-state index contributed by atoms with van der Waals surface area (Å²) in [5, 5.41) is 7.17. The molecule has 1 heterocycles. The van der Waals surface area contributed by atoms with Crippen LogP contribution in [0.15, 0.2) is 41.8 Å². The largest absolute Gasteiger partial charge is 0.493 e. The van der Waals surface area contributed by atoms with E-state index in [2.05, 4.69) is 15.6 Å². The third-order valence-corrected chi connectivity index (χ3v) is 5.40. The maximum absolute atomic E-state index is 13.1. The van der Waals surface area contributed by atoms with Gasteiger partial charge in [-0.15, -0.1) is 11.3 Å². The molecule has 0 unspecified atom stereocenters. The van der Waals surface area contributed by atoms with Crippen LogP contribution < -0.4 is 20.1 Å². The number of nitrogens with one attached hydrogen (secondary N) is 2. The zero-order valence-corrected chi connectivity index (χ0v) is 18.7. The minimum Gasteiger partial charge on any atom is -0.493 e. The number of carbonyl (C=O) groups excluding carboxylic acids is 2. The lowest BCUT2D eigenvalue weighted by Gasteiger charge is -2.14. The van der Waals surface area contributed by atoms with Crippen LogP contribution in [0.25, 0.3) is 10.6 Å². The lowest BCUT2D eigenvalue weighted by molar-refractivity contribution is -0.137. The van der Waals surface area contributed by atoms with Crippen LogP contribution in [0.1, 0.15) is 18.2 Å². The van der Waals surface area contributed by atoms with E-state index in [1.165, 1.54) is 32.5 Å². The molecule has 1 aromatic heterocycles. The molecule has 0 spiro atoms. The number of amides is 2. The van der Waals surface area contributed by atoms with E-state index in [4.69, 9.17) is 9.47 Å². The van der Waals surface area contributed by atoms with Crippen molar-refractivity contribution in [3.63, 3.8) is 0 Å². The van der Waals surface area contributed by atoms with Gasteiger partial charge in [0.15, 0.2) is 11.5 Å². The second-order valence-corrected chi connectivity index (χ2v) is 7.74. The van der Waals surface area contributed by atoms with Crippen LogP contribution in [0.5, 0.6) is 11.5 Å². The lowest BCUT2D eigenvalue weighted by Crippen LogP contribution is -2.18. The maximum Gasteiger partial charge on any atom is 0.416 e. The van der Waals surface area contributed by atoms with Crippen LogP contribution in [-0.2, 0) is 22.2 Å². The Bertz CT molecular complexity index is 1180. The number of aromatic nitrogens is 1. The molecule has 0 aliphatic heterocycles. The van der Waals surface area contributed by atoms with E-state index in [-0.39, 0.29) is 17.8 Å². The summed E-state index contributed by atoms with van der Waals surface area (Å²) in [6.45, 7) is 1.22. The van der Waals surface area contributed by atoms with Gasteiger partial charge in [-0.05, 0) is 36.4 Å². The molecule has 11 heteroatoms. The molecule has 0 fully saturated rings. The van der Waals surface area contributed by atoms with Crippen LogP contribution in [0.3, 0.4) is 0 Å². The van der Waals surface area contributed by atoms with Gasteiger partial charge >= 0.3 is 6.18 Å². The Morgan fingerprint density at radius 1 is 1.00 bits per heavy atom. The molecule has 3 rings (SSSR count). The Kier molecular flexibility index (Phi) is 7.22. The molecule has 0 radical (unpaired) electrons. The molecule has 0 saturated carbocycles. The molecular formula is C22H20F3N3O4S. The summed E-state index contributed by atoms with van der Waals surface area (Å²) in [6.07, 6.45) is -4.77. The summed E-state index contributed by atoms with van der Waals surface area (Å²) in [5.41, 5.74) is 0.162. The van der Waals surface area contributed by atoms with Crippen LogP contribution in [0.2, 0.25) is 0 Å². The number of anilines is 2. The molecule has 3 aromatic rings. The van der Waals surface area contributed by atoms with Crippen LogP contribution >= 0.6 is 11.3 Å². The maximum atomic E-state index is 13.1. The number of halogens is 3. The summed E-state index contributed by atoms with van der Waals surface area (Å²) < 4.78 is 49.8. The molecule has 0 atom stereocenters. The van der Waals surface area contributed by atoms with Gasteiger partial charge in [-0.3, -0.25) is 9.59 Å². The average molecular weight is 479 g/mol. The quantitative estimate of drug-likeness (QED) is 0.499. The number of rotatable bonds is 7. The van der Waals surface area contributed by atoms with Crippen molar-refractivity contribution in [1.29, 1.82) is 0 Å². The Hall–Kier alpha value is -3.60. The van der Waals surface area contributed by atoms with Gasteiger partial charge in [0.05, 0.1) is 43.3 Å². The van der Waals surface area contributed by atoms with Crippen LogP contribution in [0, 0.1) is 0 Å². The predicted molar refractivity (Wildman–Crippen MR) is 119 cm³/mol. The van der Waals surface area contributed by atoms with Crippen LogP contribution in [-0.4, -0.2) is 31.0 Å². The van der Waals surface area contributed by atoms with Crippen molar-refractivity contribution in [1.82, 2.24) is 4.98 Å². The van der Waals surface area contributed by atoms with Crippen molar-refractivity contribution in [2.75, 3.05) is 24.9 Å². The Labute approximate surface area is 191 Å². The highest BCUT2D eigenvalue weighted by molar-refractivity contribution is 7.13. The minimum atomic E-state index is -4.60. The average Bonchev–Trinajstić information content (AvgIpc) is 3.21. The van der Waals surface area contributed by atoms with E-state index >= 15 is 0 Å². The van der Waals surface area contributed by atoms with Gasteiger partial charge in [-0.25, -0.2) is 4.98 Å². The van der Waals surface area contributed by atoms with Gasteiger partial charge in [0.1, 0.15) is 5.01 Å². The van der Waals surface area contributed by atoms with E-state index in [0.29, 0.717) is 22.2 Å². The minimum absolute atomic E-state index is 0.0631. The first-order valence-corrected chi connectivity index (χ1v) is 10.4. The van der Waals surface area contributed by atoms with Gasteiger partial charge in [0, 0.05) is 17.9 Å². The zero-order valence-electron chi connectivity index (χ0n) is 17.9. The number of hydrogen-bond donors (Lipinski definition) is 2. The van der Waals surface area contributed by atoms with Crippen molar-refractivity contribution >= 4 is 34.5 Å². The molecule has 33 heavy (non-hydrogen) atoms. The molecule has 2 N–H and O–H groups in total. The Balaban J connectivity index is 1.78. The highest BCUT2D eigenvalue weighted by Crippen LogP contribution is 2.35. The van der Waals surface area contributed by atoms with Crippen molar-refractivity contribution in [2.24, 2.45) is 0 Å². The number of thiazole rings is 1. The normalized spacial score (nSPS) is 11.1. The van der Waals surface area contributed by atoms with Crippen molar-refractivity contribution in [2.45, 2.75) is 19.5 Å². The smallest absolute Gasteiger partial charge is 0.416 e. The number of ether oxygens (including phenoxy) is 2. The molecule has 0 aliphatic carbocycles. The fourth-order valence-corrected chi connectivity index (χ4v) is 3.79. The number of benzene rings is 2. The third kappa shape index (κ3) is 6.01. The Morgan fingerprint density at radius 3 is 2.36 bits per heavy atom. The van der Waals surface area contributed by atoms with Gasteiger partial charge < -0.3 is 20.1 Å². The van der Waals surface area contributed by atoms with Crippen LogP contribution in [0.4, 0.5) is 24.5 Å². The van der Waals surface area contributed by atoms with Gasteiger partial charge in [0.2, 0.25) is 11.8 Å². The van der Waals surface area contributed by atoms with E-state index in [9.17, 15) is 22.8 Å². The van der Waals surface area contributed by atoms with E-state index in [1.54, 1.807) is 23.6 Å².